The normalized spacial score (nSPS) is 10.8. The van der Waals surface area contributed by atoms with Crippen molar-refractivity contribution < 1.29 is 14.3 Å². The molecule has 0 bridgehead atoms. The molecule has 3 aromatic carbocycles. The maximum Gasteiger partial charge on any atom is 0.329 e. The second kappa shape index (κ2) is 11.6. The summed E-state index contributed by atoms with van der Waals surface area (Å²) in [5.74, 6) is -0.898. The number of nitrogens with one attached hydrogen (secondary N) is 2. The van der Waals surface area contributed by atoms with Crippen molar-refractivity contribution >= 4 is 23.7 Å². The number of aromatic nitrogens is 2. The van der Waals surface area contributed by atoms with Crippen LogP contribution in [0.15, 0.2) is 90.2 Å². The van der Waals surface area contributed by atoms with Crippen molar-refractivity contribution in [1.82, 2.24) is 15.2 Å². The molecule has 4 rings (SSSR count). The minimum absolute atomic E-state index is 0.530. The fraction of sp³-hybridized carbons (Fsp3) is 0.143. The standard InChI is InChI=1S/C28H27N5O3/c1-3-17-36-25-15-11-21(12-16-25)26-22(19-33(32-26)24-7-5-4-6-8-24)18-29-31-28(35)27(34)30-23-13-9-20(2)10-14-23/h4-16,18-19H,3,17H2,1-2H3,(H,30,34)(H,31,35)/b29-18-. The minimum Gasteiger partial charge on any atom is -0.494 e. The van der Waals surface area contributed by atoms with Gasteiger partial charge in [0.15, 0.2) is 0 Å². The van der Waals surface area contributed by atoms with Crippen LogP contribution in [0.25, 0.3) is 16.9 Å². The molecule has 36 heavy (non-hydrogen) atoms. The number of aryl methyl sites for hydroxylation is 1. The molecule has 0 unspecified atom stereocenters. The van der Waals surface area contributed by atoms with E-state index in [1.807, 2.05) is 79.9 Å². The molecule has 2 amide bonds. The zero-order chi connectivity index (χ0) is 25.3. The molecule has 182 valence electrons. The molecule has 0 aliphatic heterocycles. The molecule has 8 heteroatoms. The van der Waals surface area contributed by atoms with Gasteiger partial charge in [-0.3, -0.25) is 9.59 Å². The van der Waals surface area contributed by atoms with Gasteiger partial charge in [-0.15, -0.1) is 0 Å². The molecule has 0 fully saturated rings. The lowest BCUT2D eigenvalue weighted by atomic mass is 10.1. The predicted molar refractivity (Wildman–Crippen MR) is 140 cm³/mol. The van der Waals surface area contributed by atoms with Crippen molar-refractivity contribution in [3.63, 3.8) is 0 Å². The number of hydrogen-bond donors (Lipinski definition) is 2. The molecule has 0 saturated heterocycles. The van der Waals surface area contributed by atoms with Crippen molar-refractivity contribution in [2.45, 2.75) is 20.3 Å². The summed E-state index contributed by atoms with van der Waals surface area (Å²) in [5, 5.41) is 11.3. The molecule has 8 nitrogen and oxygen atoms in total. The Morgan fingerprint density at radius 1 is 0.972 bits per heavy atom. The summed E-state index contributed by atoms with van der Waals surface area (Å²) in [6, 6.07) is 24.5. The summed E-state index contributed by atoms with van der Waals surface area (Å²) < 4.78 is 7.42. The third kappa shape index (κ3) is 6.24. The van der Waals surface area contributed by atoms with Crippen LogP contribution in [0.1, 0.15) is 24.5 Å². The third-order valence-corrected chi connectivity index (χ3v) is 5.25. The highest BCUT2D eigenvalue weighted by Crippen LogP contribution is 2.25. The lowest BCUT2D eigenvalue weighted by Crippen LogP contribution is -2.32. The Balaban J connectivity index is 1.52. The van der Waals surface area contributed by atoms with Gasteiger partial charge in [-0.1, -0.05) is 42.8 Å². The Morgan fingerprint density at radius 2 is 1.69 bits per heavy atom. The first-order valence-corrected chi connectivity index (χ1v) is 11.6. The summed E-state index contributed by atoms with van der Waals surface area (Å²) in [4.78, 5) is 24.4. The van der Waals surface area contributed by atoms with Gasteiger partial charge < -0.3 is 10.1 Å². The molecule has 4 aromatic rings. The average molecular weight is 482 g/mol. The van der Waals surface area contributed by atoms with E-state index < -0.39 is 11.8 Å². The minimum atomic E-state index is -0.874. The second-order valence-corrected chi connectivity index (χ2v) is 8.11. The summed E-state index contributed by atoms with van der Waals surface area (Å²) in [6.07, 6.45) is 4.22. The van der Waals surface area contributed by atoms with Crippen LogP contribution in [-0.2, 0) is 9.59 Å². The highest BCUT2D eigenvalue weighted by Gasteiger charge is 2.14. The van der Waals surface area contributed by atoms with E-state index in [-0.39, 0.29) is 0 Å². The van der Waals surface area contributed by atoms with E-state index >= 15 is 0 Å². The van der Waals surface area contributed by atoms with Gasteiger partial charge in [0.2, 0.25) is 0 Å². The monoisotopic (exact) mass is 481 g/mol. The molecule has 0 aliphatic rings. The summed E-state index contributed by atoms with van der Waals surface area (Å²) >= 11 is 0. The number of benzene rings is 3. The van der Waals surface area contributed by atoms with E-state index in [1.165, 1.54) is 6.21 Å². The number of rotatable bonds is 8. The molecule has 0 aliphatic carbocycles. The summed E-state index contributed by atoms with van der Waals surface area (Å²) in [5.41, 5.74) is 6.94. The predicted octanol–water partition coefficient (Wildman–Crippen LogP) is 4.73. The molecule has 0 atom stereocenters. The average Bonchev–Trinajstić information content (AvgIpc) is 3.33. The number of hydrogen-bond acceptors (Lipinski definition) is 5. The zero-order valence-corrected chi connectivity index (χ0v) is 20.1. The summed E-state index contributed by atoms with van der Waals surface area (Å²) in [7, 11) is 0. The van der Waals surface area contributed by atoms with Gasteiger partial charge in [0.1, 0.15) is 11.4 Å². The largest absolute Gasteiger partial charge is 0.494 e. The van der Waals surface area contributed by atoms with Crippen molar-refractivity contribution in [3.05, 3.63) is 96.2 Å². The van der Waals surface area contributed by atoms with Gasteiger partial charge in [-0.2, -0.15) is 10.2 Å². The quantitative estimate of drug-likeness (QED) is 0.216. The van der Waals surface area contributed by atoms with Crippen LogP contribution < -0.4 is 15.5 Å². The third-order valence-electron chi connectivity index (χ3n) is 5.25. The van der Waals surface area contributed by atoms with Crippen molar-refractivity contribution in [1.29, 1.82) is 0 Å². The molecule has 0 saturated carbocycles. The highest BCUT2D eigenvalue weighted by molar-refractivity contribution is 6.39. The van der Waals surface area contributed by atoms with Crippen LogP contribution in [0.3, 0.4) is 0 Å². The Labute approximate surface area is 209 Å². The molecule has 1 heterocycles. The highest BCUT2D eigenvalue weighted by atomic mass is 16.5. The first-order chi connectivity index (χ1) is 17.5. The van der Waals surface area contributed by atoms with E-state index in [4.69, 9.17) is 9.84 Å². The van der Waals surface area contributed by atoms with Crippen molar-refractivity contribution in [2.24, 2.45) is 5.10 Å². The Kier molecular flexibility index (Phi) is 7.87. The molecular weight excluding hydrogens is 454 g/mol. The molecular formula is C28H27N5O3. The number of anilines is 1. The fourth-order valence-corrected chi connectivity index (χ4v) is 3.38. The first kappa shape index (κ1) is 24.4. The van der Waals surface area contributed by atoms with Gasteiger partial charge >= 0.3 is 11.8 Å². The molecule has 0 spiro atoms. The smallest absolute Gasteiger partial charge is 0.329 e. The van der Waals surface area contributed by atoms with E-state index in [2.05, 4.69) is 22.8 Å². The van der Waals surface area contributed by atoms with Crippen molar-refractivity contribution in [2.75, 3.05) is 11.9 Å². The number of amides is 2. The number of carbonyl (C=O) groups is 2. The van der Waals surface area contributed by atoms with Gasteiger partial charge in [-0.05, 0) is 61.9 Å². The molecule has 0 radical (unpaired) electrons. The van der Waals surface area contributed by atoms with E-state index in [9.17, 15) is 9.59 Å². The Hall–Kier alpha value is -4.72. The van der Waals surface area contributed by atoms with Gasteiger partial charge in [0.25, 0.3) is 0 Å². The van der Waals surface area contributed by atoms with Crippen LogP contribution >= 0.6 is 0 Å². The van der Waals surface area contributed by atoms with E-state index in [0.717, 1.165) is 29.0 Å². The maximum absolute atomic E-state index is 12.2. The Morgan fingerprint density at radius 3 is 2.39 bits per heavy atom. The second-order valence-electron chi connectivity index (χ2n) is 8.11. The number of carbonyl (C=O) groups excluding carboxylic acids is 2. The van der Waals surface area contributed by atoms with Gasteiger partial charge in [-0.25, -0.2) is 10.1 Å². The number of para-hydroxylation sites is 1. The Bertz CT molecular complexity index is 1340. The topological polar surface area (TPSA) is 97.6 Å². The lowest BCUT2D eigenvalue weighted by Gasteiger charge is -2.05. The summed E-state index contributed by atoms with van der Waals surface area (Å²) in [6.45, 7) is 4.65. The van der Waals surface area contributed by atoms with Gasteiger partial charge in [0, 0.05) is 23.0 Å². The van der Waals surface area contributed by atoms with Crippen LogP contribution in [0.4, 0.5) is 5.69 Å². The number of ether oxygens (including phenoxy) is 1. The van der Waals surface area contributed by atoms with Gasteiger partial charge in [0.05, 0.1) is 18.5 Å². The fourth-order valence-electron chi connectivity index (χ4n) is 3.38. The van der Waals surface area contributed by atoms with Crippen LogP contribution in [0, 0.1) is 6.92 Å². The SMILES string of the molecule is CCCOc1ccc(-c2nn(-c3ccccc3)cc2/C=N\NC(=O)C(=O)Nc2ccc(C)cc2)cc1. The lowest BCUT2D eigenvalue weighted by molar-refractivity contribution is -0.136. The van der Waals surface area contributed by atoms with Crippen LogP contribution in [0.2, 0.25) is 0 Å². The van der Waals surface area contributed by atoms with E-state index in [1.54, 1.807) is 16.8 Å². The van der Waals surface area contributed by atoms with Crippen molar-refractivity contribution in [3.8, 4) is 22.7 Å². The van der Waals surface area contributed by atoms with Crippen LogP contribution in [-0.4, -0.2) is 34.4 Å². The van der Waals surface area contributed by atoms with E-state index in [0.29, 0.717) is 23.6 Å². The molecule has 2 N–H and O–H groups in total. The zero-order valence-electron chi connectivity index (χ0n) is 20.1. The maximum atomic E-state index is 12.2. The van der Waals surface area contributed by atoms with Crippen LogP contribution in [0.5, 0.6) is 5.75 Å². The number of hydrazone groups is 1. The first-order valence-electron chi connectivity index (χ1n) is 11.6. The number of nitrogens with zero attached hydrogens (tertiary/aromatic N) is 3. The molecule has 1 aromatic heterocycles.